The van der Waals surface area contributed by atoms with Crippen LogP contribution in [0.5, 0.6) is 11.5 Å². The summed E-state index contributed by atoms with van der Waals surface area (Å²) in [5.41, 5.74) is 1.77. The third-order valence-corrected chi connectivity index (χ3v) is 7.51. The van der Waals surface area contributed by atoms with E-state index in [0.29, 0.717) is 24.3 Å². The summed E-state index contributed by atoms with van der Waals surface area (Å²) < 4.78 is 38.2. The lowest BCUT2D eigenvalue weighted by atomic mass is 10.0. The van der Waals surface area contributed by atoms with Gasteiger partial charge in [-0.25, -0.2) is 8.42 Å². The first-order valence-electron chi connectivity index (χ1n) is 10.9. The molecule has 3 rings (SSSR count). The van der Waals surface area contributed by atoms with E-state index in [1.165, 1.54) is 11.4 Å². The van der Waals surface area contributed by atoms with Gasteiger partial charge in [0.05, 0.1) is 25.2 Å². The van der Waals surface area contributed by atoms with Crippen LogP contribution in [0.3, 0.4) is 0 Å². The SMILES string of the molecule is COc1ccc(CCNC(=O)C[C@H](c2ccc(OC)cc2)N(C)S(=O)(=O)c2ccccc2)cc1. The van der Waals surface area contributed by atoms with Gasteiger partial charge in [0.25, 0.3) is 0 Å². The summed E-state index contributed by atoms with van der Waals surface area (Å²) in [7, 11) is 0.873. The zero-order valence-electron chi connectivity index (χ0n) is 19.6. The highest BCUT2D eigenvalue weighted by Crippen LogP contribution is 2.30. The van der Waals surface area contributed by atoms with Crippen molar-refractivity contribution in [2.45, 2.75) is 23.8 Å². The normalized spacial score (nSPS) is 12.2. The topological polar surface area (TPSA) is 84.9 Å². The third-order valence-electron chi connectivity index (χ3n) is 5.63. The van der Waals surface area contributed by atoms with Gasteiger partial charge in [-0.15, -0.1) is 0 Å². The molecule has 0 heterocycles. The van der Waals surface area contributed by atoms with E-state index in [0.717, 1.165) is 11.3 Å². The van der Waals surface area contributed by atoms with Crippen LogP contribution in [0.1, 0.15) is 23.6 Å². The Morgan fingerprint density at radius 1 is 0.882 bits per heavy atom. The maximum atomic E-state index is 13.3. The lowest BCUT2D eigenvalue weighted by Crippen LogP contribution is -2.36. The van der Waals surface area contributed by atoms with E-state index in [4.69, 9.17) is 9.47 Å². The Bertz CT molecular complexity index is 1160. The van der Waals surface area contributed by atoms with Crippen molar-refractivity contribution in [2.75, 3.05) is 27.8 Å². The van der Waals surface area contributed by atoms with Crippen molar-refractivity contribution < 1.29 is 22.7 Å². The average Bonchev–Trinajstić information content (AvgIpc) is 2.88. The third kappa shape index (κ3) is 6.36. The van der Waals surface area contributed by atoms with Gasteiger partial charge in [0.15, 0.2) is 0 Å². The molecule has 0 spiro atoms. The molecular weight excluding hydrogens is 452 g/mol. The van der Waals surface area contributed by atoms with Crippen molar-refractivity contribution >= 4 is 15.9 Å². The molecule has 8 heteroatoms. The molecule has 0 aromatic heterocycles. The number of nitrogens with one attached hydrogen (secondary N) is 1. The predicted octanol–water partition coefficient (Wildman–Crippen LogP) is 3.81. The first kappa shape index (κ1) is 25.3. The quantitative estimate of drug-likeness (QED) is 0.449. The van der Waals surface area contributed by atoms with Gasteiger partial charge >= 0.3 is 0 Å². The number of methoxy groups -OCH3 is 2. The maximum Gasteiger partial charge on any atom is 0.243 e. The molecule has 0 unspecified atom stereocenters. The summed E-state index contributed by atoms with van der Waals surface area (Å²) in [6, 6.07) is 22.3. The van der Waals surface area contributed by atoms with Gasteiger partial charge in [-0.05, 0) is 53.9 Å². The first-order valence-corrected chi connectivity index (χ1v) is 12.4. The van der Waals surface area contributed by atoms with Crippen LogP contribution in [0.25, 0.3) is 0 Å². The number of hydrogen-bond acceptors (Lipinski definition) is 5. The lowest BCUT2D eigenvalue weighted by Gasteiger charge is -2.28. The number of amides is 1. The molecule has 1 N–H and O–H groups in total. The van der Waals surface area contributed by atoms with Gasteiger partial charge < -0.3 is 14.8 Å². The summed E-state index contributed by atoms with van der Waals surface area (Å²) in [6.45, 7) is 0.440. The summed E-state index contributed by atoms with van der Waals surface area (Å²) in [6.07, 6.45) is 0.637. The summed E-state index contributed by atoms with van der Waals surface area (Å²) in [4.78, 5) is 13.0. The second kappa shape index (κ2) is 11.7. The molecule has 7 nitrogen and oxygen atoms in total. The van der Waals surface area contributed by atoms with Gasteiger partial charge in [0.1, 0.15) is 11.5 Å². The molecule has 0 aliphatic carbocycles. The van der Waals surface area contributed by atoms with E-state index < -0.39 is 16.1 Å². The molecular formula is C26H30N2O5S. The van der Waals surface area contributed by atoms with Crippen molar-refractivity contribution in [2.24, 2.45) is 0 Å². The second-order valence-corrected chi connectivity index (χ2v) is 9.77. The minimum absolute atomic E-state index is 0.0164. The van der Waals surface area contributed by atoms with Crippen LogP contribution >= 0.6 is 0 Å². The number of carbonyl (C=O) groups excluding carboxylic acids is 1. The van der Waals surface area contributed by atoms with Crippen LogP contribution in [-0.4, -0.2) is 46.4 Å². The summed E-state index contributed by atoms with van der Waals surface area (Å²) in [5, 5.41) is 2.91. The van der Waals surface area contributed by atoms with Crippen LogP contribution in [0.15, 0.2) is 83.8 Å². The van der Waals surface area contributed by atoms with E-state index in [-0.39, 0.29) is 17.2 Å². The van der Waals surface area contributed by atoms with Crippen molar-refractivity contribution in [3.8, 4) is 11.5 Å². The largest absolute Gasteiger partial charge is 0.497 e. The summed E-state index contributed by atoms with van der Waals surface area (Å²) >= 11 is 0. The van der Waals surface area contributed by atoms with Crippen molar-refractivity contribution in [1.82, 2.24) is 9.62 Å². The van der Waals surface area contributed by atoms with Gasteiger partial charge in [0.2, 0.25) is 15.9 Å². The van der Waals surface area contributed by atoms with E-state index in [1.807, 2.05) is 24.3 Å². The van der Waals surface area contributed by atoms with Gasteiger partial charge in [-0.1, -0.05) is 42.5 Å². The zero-order chi connectivity index (χ0) is 24.6. The van der Waals surface area contributed by atoms with E-state index in [2.05, 4.69) is 5.32 Å². The first-order chi connectivity index (χ1) is 16.3. The van der Waals surface area contributed by atoms with Crippen LogP contribution < -0.4 is 14.8 Å². The molecule has 0 aliphatic heterocycles. The van der Waals surface area contributed by atoms with E-state index >= 15 is 0 Å². The van der Waals surface area contributed by atoms with E-state index in [9.17, 15) is 13.2 Å². The fourth-order valence-electron chi connectivity index (χ4n) is 3.59. The number of hydrogen-bond donors (Lipinski definition) is 1. The van der Waals surface area contributed by atoms with Gasteiger partial charge in [-0.2, -0.15) is 4.31 Å². The molecule has 0 bridgehead atoms. The monoisotopic (exact) mass is 482 g/mol. The predicted molar refractivity (Wildman–Crippen MR) is 131 cm³/mol. The zero-order valence-corrected chi connectivity index (χ0v) is 20.4. The minimum atomic E-state index is -3.81. The Kier molecular flexibility index (Phi) is 8.67. The highest BCUT2D eigenvalue weighted by molar-refractivity contribution is 7.89. The van der Waals surface area contributed by atoms with Crippen LogP contribution in [0.2, 0.25) is 0 Å². The van der Waals surface area contributed by atoms with Crippen LogP contribution in [-0.2, 0) is 21.2 Å². The average molecular weight is 483 g/mol. The van der Waals surface area contributed by atoms with E-state index in [1.54, 1.807) is 68.8 Å². The number of benzene rings is 3. The molecule has 1 atom stereocenters. The molecule has 1 amide bonds. The van der Waals surface area contributed by atoms with Crippen molar-refractivity contribution in [3.63, 3.8) is 0 Å². The van der Waals surface area contributed by atoms with Crippen LogP contribution in [0, 0.1) is 0 Å². The standard InChI is InChI=1S/C26H30N2O5S/c1-28(34(30,31)24-7-5-4-6-8-24)25(21-11-15-23(33-3)16-12-21)19-26(29)27-18-17-20-9-13-22(32-2)14-10-20/h4-16,25H,17-19H2,1-3H3,(H,27,29)/t25-/m1/s1. The molecule has 0 fully saturated rings. The smallest absolute Gasteiger partial charge is 0.243 e. The van der Waals surface area contributed by atoms with Crippen LogP contribution in [0.4, 0.5) is 0 Å². The lowest BCUT2D eigenvalue weighted by molar-refractivity contribution is -0.121. The Balaban J connectivity index is 1.74. The van der Waals surface area contributed by atoms with Crippen molar-refractivity contribution in [3.05, 3.63) is 90.0 Å². The molecule has 3 aromatic carbocycles. The minimum Gasteiger partial charge on any atom is -0.497 e. The molecule has 0 saturated carbocycles. The highest BCUT2D eigenvalue weighted by atomic mass is 32.2. The molecule has 0 aliphatic rings. The molecule has 0 radical (unpaired) electrons. The summed E-state index contributed by atoms with van der Waals surface area (Å²) in [5.74, 6) is 1.20. The second-order valence-electron chi connectivity index (χ2n) is 7.78. The molecule has 0 saturated heterocycles. The maximum absolute atomic E-state index is 13.3. The number of sulfonamides is 1. The number of nitrogens with zero attached hydrogens (tertiary/aromatic N) is 1. The highest BCUT2D eigenvalue weighted by Gasteiger charge is 2.30. The van der Waals surface area contributed by atoms with Gasteiger partial charge in [0, 0.05) is 20.0 Å². The van der Waals surface area contributed by atoms with Crippen molar-refractivity contribution in [1.29, 1.82) is 0 Å². The molecule has 3 aromatic rings. The number of ether oxygens (including phenoxy) is 2. The fourth-order valence-corrected chi connectivity index (χ4v) is 4.96. The Morgan fingerprint density at radius 3 is 2.00 bits per heavy atom. The Morgan fingerprint density at radius 2 is 1.44 bits per heavy atom. The van der Waals surface area contributed by atoms with Gasteiger partial charge in [-0.3, -0.25) is 4.79 Å². The Labute approximate surface area is 201 Å². The molecule has 34 heavy (non-hydrogen) atoms. The molecule has 180 valence electrons. The Hall–Kier alpha value is -3.36. The number of carbonyl (C=O) groups is 1. The number of rotatable bonds is 11. The fraction of sp³-hybridized carbons (Fsp3) is 0.269.